The summed E-state index contributed by atoms with van der Waals surface area (Å²) in [5, 5.41) is 12.6. The molecule has 1 N–H and O–H groups in total. The maximum atomic E-state index is 11.1. The molecule has 0 fully saturated rings. The Morgan fingerprint density at radius 1 is 1.00 bits per heavy atom. The zero-order chi connectivity index (χ0) is 20.4. The molecule has 0 aliphatic carbocycles. The van der Waals surface area contributed by atoms with Gasteiger partial charge < -0.3 is 9.94 Å². The third kappa shape index (κ3) is 4.45. The van der Waals surface area contributed by atoms with E-state index in [9.17, 15) is 5.21 Å². The third-order valence-corrected chi connectivity index (χ3v) is 5.31. The van der Waals surface area contributed by atoms with E-state index in [-0.39, 0.29) is 12.1 Å². The lowest BCUT2D eigenvalue weighted by molar-refractivity contribution is -0.207. The second-order valence-electron chi connectivity index (χ2n) is 9.14. The molecule has 1 aliphatic rings. The zero-order valence-corrected chi connectivity index (χ0v) is 17.6. The number of benzene rings is 2. The van der Waals surface area contributed by atoms with E-state index in [0.717, 1.165) is 12.0 Å². The molecule has 0 unspecified atom stereocenters. The molecule has 0 aromatic heterocycles. The van der Waals surface area contributed by atoms with Crippen molar-refractivity contribution in [3.8, 4) is 0 Å². The van der Waals surface area contributed by atoms with Crippen molar-refractivity contribution < 1.29 is 9.94 Å². The monoisotopic (exact) mass is 380 g/mol. The molecule has 2 atom stereocenters. The van der Waals surface area contributed by atoms with Crippen LogP contribution in [-0.2, 0) is 11.2 Å². The van der Waals surface area contributed by atoms with E-state index >= 15 is 0 Å². The van der Waals surface area contributed by atoms with Crippen molar-refractivity contribution in [2.45, 2.75) is 58.7 Å². The van der Waals surface area contributed by atoms with E-state index in [1.165, 1.54) is 10.6 Å². The van der Waals surface area contributed by atoms with E-state index < -0.39 is 11.0 Å². The van der Waals surface area contributed by atoms with Gasteiger partial charge in [0.15, 0.2) is 5.90 Å². The molecule has 4 heteroatoms. The van der Waals surface area contributed by atoms with Gasteiger partial charge in [-0.05, 0) is 52.2 Å². The lowest BCUT2D eigenvalue weighted by Crippen LogP contribution is -2.49. The Bertz CT molecular complexity index is 794. The van der Waals surface area contributed by atoms with E-state index in [4.69, 9.17) is 9.73 Å². The van der Waals surface area contributed by atoms with Crippen LogP contribution in [0.15, 0.2) is 65.7 Å². The van der Waals surface area contributed by atoms with Crippen LogP contribution in [0.25, 0.3) is 0 Å². The van der Waals surface area contributed by atoms with Crippen LogP contribution in [0, 0.1) is 5.41 Å². The van der Waals surface area contributed by atoms with Gasteiger partial charge in [-0.2, -0.15) is 5.06 Å². The fourth-order valence-electron chi connectivity index (χ4n) is 3.76. The van der Waals surface area contributed by atoms with Crippen molar-refractivity contribution >= 4 is 5.90 Å². The van der Waals surface area contributed by atoms with E-state index in [1.54, 1.807) is 0 Å². The maximum absolute atomic E-state index is 11.1. The Morgan fingerprint density at radius 3 is 2.14 bits per heavy atom. The summed E-state index contributed by atoms with van der Waals surface area (Å²) < 4.78 is 6.08. The highest BCUT2D eigenvalue weighted by atomic mass is 16.5. The minimum absolute atomic E-state index is 0.106. The largest absolute Gasteiger partial charge is 0.478 e. The maximum Gasteiger partial charge on any atom is 0.191 e. The first kappa shape index (κ1) is 20.6. The summed E-state index contributed by atoms with van der Waals surface area (Å²) in [7, 11) is 0. The van der Waals surface area contributed by atoms with Crippen LogP contribution in [0.3, 0.4) is 0 Å². The van der Waals surface area contributed by atoms with Gasteiger partial charge in [0.25, 0.3) is 0 Å². The van der Waals surface area contributed by atoms with Gasteiger partial charge in [0.1, 0.15) is 6.61 Å². The molecule has 3 rings (SSSR count). The number of hydrogen-bond acceptors (Lipinski definition) is 4. The second kappa shape index (κ2) is 8.06. The molecule has 1 aliphatic heterocycles. The van der Waals surface area contributed by atoms with Gasteiger partial charge >= 0.3 is 0 Å². The van der Waals surface area contributed by atoms with E-state index in [0.29, 0.717) is 12.5 Å². The first-order chi connectivity index (χ1) is 13.2. The summed E-state index contributed by atoms with van der Waals surface area (Å²) >= 11 is 0. The molecule has 0 spiro atoms. The van der Waals surface area contributed by atoms with E-state index in [2.05, 4.69) is 50.2 Å². The predicted molar refractivity (Wildman–Crippen MR) is 114 cm³/mol. The quantitative estimate of drug-likeness (QED) is 0.693. The molecule has 28 heavy (non-hydrogen) atoms. The van der Waals surface area contributed by atoms with Crippen LogP contribution in [0.1, 0.15) is 51.8 Å². The summed E-state index contributed by atoms with van der Waals surface area (Å²) in [5.41, 5.74) is 1.40. The fourth-order valence-corrected chi connectivity index (χ4v) is 3.76. The van der Waals surface area contributed by atoms with Crippen LogP contribution in [0.4, 0.5) is 0 Å². The average molecular weight is 381 g/mol. The topological polar surface area (TPSA) is 45.1 Å². The number of nitrogens with zero attached hydrogens (tertiary/aromatic N) is 2. The lowest BCUT2D eigenvalue weighted by Gasteiger charge is -2.44. The summed E-state index contributed by atoms with van der Waals surface area (Å²) in [6.07, 6.45) is 0.860. The molecule has 1 heterocycles. The van der Waals surface area contributed by atoms with Gasteiger partial charge in [-0.15, -0.1) is 0 Å². The van der Waals surface area contributed by atoms with Gasteiger partial charge in [0.05, 0.1) is 17.5 Å². The molecule has 150 valence electrons. The summed E-state index contributed by atoms with van der Waals surface area (Å²) in [6.45, 7) is 10.8. The van der Waals surface area contributed by atoms with Crippen molar-refractivity contribution in [2.75, 3.05) is 6.61 Å². The SMILES string of the molecule is CC(C)(C1=N[C@H](Cc2ccccc2)CO1)[C@@H](c1ccccc1)N(O)C(C)(C)C. The molecule has 0 saturated carbocycles. The molecule has 2 aromatic rings. The van der Waals surface area contributed by atoms with Crippen molar-refractivity contribution in [1.29, 1.82) is 0 Å². The van der Waals surface area contributed by atoms with Crippen LogP contribution in [0.5, 0.6) is 0 Å². The van der Waals surface area contributed by atoms with Crippen LogP contribution < -0.4 is 0 Å². The number of hydroxylamine groups is 2. The van der Waals surface area contributed by atoms with Crippen molar-refractivity contribution in [1.82, 2.24) is 5.06 Å². The van der Waals surface area contributed by atoms with Crippen molar-refractivity contribution in [3.63, 3.8) is 0 Å². The Kier molecular flexibility index (Phi) is 5.92. The van der Waals surface area contributed by atoms with E-state index in [1.807, 2.05) is 45.0 Å². The number of rotatable bonds is 6. The summed E-state index contributed by atoms with van der Waals surface area (Å²) in [5.74, 6) is 0.714. The molecular weight excluding hydrogens is 348 g/mol. The summed E-state index contributed by atoms with van der Waals surface area (Å²) in [4.78, 5) is 4.92. The average Bonchev–Trinajstić information content (AvgIpc) is 3.12. The smallest absolute Gasteiger partial charge is 0.191 e. The standard InChI is InChI=1S/C24H32N2O2/c1-23(2,3)26(27)21(19-14-10-7-11-15-19)24(4,5)22-25-20(17-28-22)16-18-12-8-6-9-13-18/h6-15,20-21,27H,16-17H2,1-5H3/t20-,21-/m1/s1. The van der Waals surface area contributed by atoms with Gasteiger partial charge in [-0.1, -0.05) is 60.7 Å². The minimum atomic E-state index is -0.491. The van der Waals surface area contributed by atoms with Crippen LogP contribution in [-0.4, -0.2) is 34.4 Å². The predicted octanol–water partition coefficient (Wildman–Crippen LogP) is 5.28. The minimum Gasteiger partial charge on any atom is -0.478 e. The molecule has 4 nitrogen and oxygen atoms in total. The van der Waals surface area contributed by atoms with Crippen LogP contribution >= 0.6 is 0 Å². The number of ether oxygens (including phenoxy) is 1. The fraction of sp³-hybridized carbons (Fsp3) is 0.458. The molecule has 0 bridgehead atoms. The third-order valence-electron chi connectivity index (χ3n) is 5.31. The van der Waals surface area contributed by atoms with Gasteiger partial charge in [-0.3, -0.25) is 0 Å². The van der Waals surface area contributed by atoms with Gasteiger partial charge in [-0.25, -0.2) is 4.99 Å². The Labute approximate surface area is 168 Å². The highest BCUT2D eigenvalue weighted by molar-refractivity contribution is 5.84. The van der Waals surface area contributed by atoms with Crippen molar-refractivity contribution in [3.05, 3.63) is 71.8 Å². The normalized spacial score (nSPS) is 18.7. The highest BCUT2D eigenvalue weighted by Gasteiger charge is 2.45. The molecule has 0 radical (unpaired) electrons. The Balaban J connectivity index is 1.90. The van der Waals surface area contributed by atoms with Gasteiger partial charge in [0.2, 0.25) is 0 Å². The van der Waals surface area contributed by atoms with Crippen molar-refractivity contribution in [2.24, 2.45) is 10.4 Å². The second-order valence-corrected chi connectivity index (χ2v) is 9.14. The molecule has 0 saturated heterocycles. The Hall–Kier alpha value is -2.17. The van der Waals surface area contributed by atoms with Crippen LogP contribution in [0.2, 0.25) is 0 Å². The first-order valence-electron chi connectivity index (χ1n) is 9.98. The number of aliphatic imine (C=N–C) groups is 1. The van der Waals surface area contributed by atoms with Gasteiger partial charge in [0, 0.05) is 5.54 Å². The first-order valence-corrected chi connectivity index (χ1v) is 9.98. The molecular formula is C24H32N2O2. The highest BCUT2D eigenvalue weighted by Crippen LogP contribution is 2.43. The number of hydrogen-bond donors (Lipinski definition) is 1. The summed E-state index contributed by atoms with van der Waals surface area (Å²) in [6, 6.07) is 20.3. The molecule has 2 aromatic carbocycles. The lowest BCUT2D eigenvalue weighted by atomic mass is 9.78. The Morgan fingerprint density at radius 2 is 1.57 bits per heavy atom. The zero-order valence-electron chi connectivity index (χ0n) is 17.6. The molecule has 0 amide bonds.